The van der Waals surface area contributed by atoms with E-state index < -0.39 is 0 Å². The van der Waals surface area contributed by atoms with E-state index in [1.54, 1.807) is 18.1 Å². The Morgan fingerprint density at radius 1 is 1.00 bits per heavy atom. The summed E-state index contributed by atoms with van der Waals surface area (Å²) in [5, 5.41) is 1.52. The van der Waals surface area contributed by atoms with E-state index in [0.29, 0.717) is 40.1 Å². The Balaban J connectivity index is 1.45. The number of furan rings is 1. The molecule has 0 bridgehead atoms. The number of carbonyl (C=O) groups excluding carboxylic acids is 1. The molecule has 0 N–H and O–H groups in total. The Bertz CT molecular complexity index is 1630. The highest BCUT2D eigenvalue weighted by molar-refractivity contribution is 6.31. The van der Waals surface area contributed by atoms with Crippen molar-refractivity contribution < 1.29 is 23.4 Å². The monoisotopic (exact) mass is 526 g/mol. The van der Waals surface area contributed by atoms with Gasteiger partial charge in [-0.05, 0) is 59.7 Å². The quantitative estimate of drug-likeness (QED) is 0.234. The van der Waals surface area contributed by atoms with Gasteiger partial charge < -0.3 is 23.5 Å². The van der Waals surface area contributed by atoms with Crippen LogP contribution in [0.4, 0.5) is 0 Å². The maximum atomic E-state index is 13.7. The summed E-state index contributed by atoms with van der Waals surface area (Å²) in [5.74, 6) is 1.87. The van der Waals surface area contributed by atoms with Crippen molar-refractivity contribution in [3.05, 3.63) is 107 Å². The minimum absolute atomic E-state index is 0.168. The molecule has 0 radical (unpaired) electrons. The van der Waals surface area contributed by atoms with Crippen molar-refractivity contribution in [1.29, 1.82) is 0 Å². The third kappa shape index (κ3) is 4.64. The topological polar surface area (TPSA) is 74.0 Å². The Hall–Kier alpha value is -4.49. The molecular weight excluding hydrogens is 504 g/mol. The van der Waals surface area contributed by atoms with E-state index in [9.17, 15) is 4.79 Å². The van der Waals surface area contributed by atoms with Crippen LogP contribution in [0.5, 0.6) is 17.2 Å². The predicted octanol–water partition coefficient (Wildman–Crippen LogP) is 6.73. The molecule has 1 aliphatic heterocycles. The average Bonchev–Trinajstić information content (AvgIpc) is 3.64. The van der Waals surface area contributed by atoms with Gasteiger partial charge in [0.25, 0.3) is 5.91 Å². The number of aromatic nitrogens is 1. The molecule has 3 heterocycles. The van der Waals surface area contributed by atoms with E-state index in [4.69, 9.17) is 35.2 Å². The number of nitrogens with zero attached hydrogens (tertiary/aromatic N) is 2. The fraction of sp³-hybridized carbons (Fsp3) is 0.133. The number of benzene rings is 3. The Morgan fingerprint density at radius 3 is 2.71 bits per heavy atom. The second-order valence-electron chi connectivity index (χ2n) is 8.89. The molecule has 0 spiro atoms. The molecule has 0 unspecified atom stereocenters. The number of hydrogen-bond donors (Lipinski definition) is 0. The van der Waals surface area contributed by atoms with Crippen LogP contribution in [0.1, 0.15) is 21.5 Å². The van der Waals surface area contributed by atoms with Gasteiger partial charge in [-0.3, -0.25) is 4.79 Å². The van der Waals surface area contributed by atoms with Gasteiger partial charge in [0.05, 0.1) is 30.1 Å². The van der Waals surface area contributed by atoms with Crippen molar-refractivity contribution in [3.63, 3.8) is 0 Å². The van der Waals surface area contributed by atoms with E-state index in [0.717, 1.165) is 27.6 Å². The summed E-state index contributed by atoms with van der Waals surface area (Å²) in [6.07, 6.45) is 2.95. The molecular formula is C30H23ClN2O5. The van der Waals surface area contributed by atoms with Crippen LogP contribution >= 0.6 is 11.6 Å². The summed E-state index contributed by atoms with van der Waals surface area (Å²) in [5.41, 5.74) is 4.53. The molecule has 3 aromatic carbocycles. The van der Waals surface area contributed by atoms with Gasteiger partial charge in [-0.2, -0.15) is 0 Å². The summed E-state index contributed by atoms with van der Waals surface area (Å²) >= 11 is 6.28. The van der Waals surface area contributed by atoms with Gasteiger partial charge in [-0.15, -0.1) is 0 Å². The lowest BCUT2D eigenvalue weighted by Gasteiger charge is -2.24. The molecule has 0 aliphatic carbocycles. The Labute approximate surface area is 224 Å². The van der Waals surface area contributed by atoms with Gasteiger partial charge in [0.15, 0.2) is 11.5 Å². The first kappa shape index (κ1) is 23.9. The summed E-state index contributed by atoms with van der Waals surface area (Å²) in [4.78, 5) is 20.4. The van der Waals surface area contributed by atoms with E-state index >= 15 is 0 Å². The lowest BCUT2D eigenvalue weighted by molar-refractivity contribution is 0.0729. The van der Waals surface area contributed by atoms with Crippen LogP contribution in [0.2, 0.25) is 5.02 Å². The molecule has 8 heteroatoms. The fourth-order valence-electron chi connectivity index (χ4n) is 4.61. The van der Waals surface area contributed by atoms with Crippen LogP contribution in [0.15, 0.2) is 89.7 Å². The largest absolute Gasteiger partial charge is 0.496 e. The summed E-state index contributed by atoms with van der Waals surface area (Å²) in [7, 11) is 1.63. The number of hydrogen-bond acceptors (Lipinski definition) is 6. The van der Waals surface area contributed by atoms with Crippen LogP contribution in [-0.2, 0) is 13.1 Å². The van der Waals surface area contributed by atoms with Gasteiger partial charge in [0, 0.05) is 29.1 Å². The summed E-state index contributed by atoms with van der Waals surface area (Å²) in [6, 6.07) is 22.7. The van der Waals surface area contributed by atoms with E-state index in [1.807, 2.05) is 60.7 Å². The number of halogens is 1. The molecule has 1 amide bonds. The van der Waals surface area contributed by atoms with Gasteiger partial charge in [0.2, 0.25) is 6.79 Å². The van der Waals surface area contributed by atoms with Crippen molar-refractivity contribution in [2.45, 2.75) is 13.1 Å². The SMILES string of the molecule is COc1ccccc1-c1nc2cc(Cl)ccc2cc1CN(Cc1ccc2c(c1)OCO2)C(=O)c1ccoc1. The van der Waals surface area contributed by atoms with Gasteiger partial charge in [-0.25, -0.2) is 4.98 Å². The number of methoxy groups -OCH3 is 1. The first-order valence-electron chi connectivity index (χ1n) is 12.0. The molecule has 5 aromatic rings. The molecule has 1 aliphatic rings. The minimum Gasteiger partial charge on any atom is -0.496 e. The first-order chi connectivity index (χ1) is 18.6. The average molecular weight is 527 g/mol. The molecule has 0 atom stereocenters. The first-order valence-corrected chi connectivity index (χ1v) is 12.4. The second-order valence-corrected chi connectivity index (χ2v) is 9.33. The van der Waals surface area contributed by atoms with Crippen LogP contribution in [0.3, 0.4) is 0 Å². The predicted molar refractivity (Wildman–Crippen MR) is 144 cm³/mol. The zero-order chi connectivity index (χ0) is 26.1. The highest BCUT2D eigenvalue weighted by Gasteiger charge is 2.23. The normalized spacial score (nSPS) is 12.1. The number of ether oxygens (including phenoxy) is 3. The number of amides is 1. The molecule has 190 valence electrons. The number of fused-ring (bicyclic) bond motifs is 2. The third-order valence-electron chi connectivity index (χ3n) is 6.45. The van der Waals surface area contributed by atoms with Crippen molar-refractivity contribution in [2.75, 3.05) is 13.9 Å². The van der Waals surface area contributed by atoms with Crippen molar-refractivity contribution in [2.24, 2.45) is 0 Å². The molecule has 38 heavy (non-hydrogen) atoms. The molecule has 6 rings (SSSR count). The van der Waals surface area contributed by atoms with Crippen molar-refractivity contribution >= 4 is 28.4 Å². The number of rotatable bonds is 7. The molecule has 0 fully saturated rings. The molecule has 0 saturated heterocycles. The summed E-state index contributed by atoms with van der Waals surface area (Å²) in [6.45, 7) is 0.813. The van der Waals surface area contributed by atoms with Crippen LogP contribution in [-0.4, -0.2) is 29.7 Å². The standard InChI is InChI=1S/C30H23ClN2O5/c1-35-26-5-3-2-4-24(26)29-22(13-20-7-8-23(31)14-25(20)32-29)16-33(30(34)21-10-11-36-17-21)15-19-6-9-27-28(12-19)38-18-37-27/h2-14,17H,15-16,18H2,1H3. The zero-order valence-corrected chi connectivity index (χ0v) is 21.3. The van der Waals surface area contributed by atoms with Crippen LogP contribution in [0, 0.1) is 0 Å². The third-order valence-corrected chi connectivity index (χ3v) is 6.68. The van der Waals surface area contributed by atoms with Crippen molar-refractivity contribution in [1.82, 2.24) is 9.88 Å². The van der Waals surface area contributed by atoms with Gasteiger partial charge in [-0.1, -0.05) is 35.9 Å². The smallest absolute Gasteiger partial charge is 0.257 e. The maximum absolute atomic E-state index is 13.7. The van der Waals surface area contributed by atoms with Crippen LogP contribution in [0.25, 0.3) is 22.2 Å². The minimum atomic E-state index is -0.168. The Morgan fingerprint density at radius 2 is 1.87 bits per heavy atom. The van der Waals surface area contributed by atoms with Gasteiger partial charge >= 0.3 is 0 Å². The van der Waals surface area contributed by atoms with Crippen LogP contribution < -0.4 is 14.2 Å². The summed E-state index contributed by atoms with van der Waals surface area (Å²) < 4.78 is 21.9. The number of carbonyl (C=O) groups is 1. The zero-order valence-electron chi connectivity index (χ0n) is 20.5. The highest BCUT2D eigenvalue weighted by atomic mass is 35.5. The Kier molecular flexibility index (Phi) is 6.35. The van der Waals surface area contributed by atoms with Gasteiger partial charge in [0.1, 0.15) is 12.0 Å². The fourth-order valence-corrected chi connectivity index (χ4v) is 4.78. The molecule has 0 saturated carbocycles. The lowest BCUT2D eigenvalue weighted by Crippen LogP contribution is -2.30. The van der Waals surface area contributed by atoms with Crippen molar-refractivity contribution in [3.8, 4) is 28.5 Å². The molecule has 2 aromatic heterocycles. The van der Waals surface area contributed by atoms with E-state index in [2.05, 4.69) is 6.07 Å². The number of pyridine rings is 1. The van der Waals surface area contributed by atoms with E-state index in [1.165, 1.54) is 12.5 Å². The maximum Gasteiger partial charge on any atom is 0.257 e. The van der Waals surface area contributed by atoms with E-state index in [-0.39, 0.29) is 19.2 Å². The molecule has 7 nitrogen and oxygen atoms in total. The lowest BCUT2D eigenvalue weighted by atomic mass is 10.0. The second kappa shape index (κ2) is 10.1. The number of para-hydroxylation sites is 1. The highest BCUT2D eigenvalue weighted by Crippen LogP contribution is 2.36.